The summed E-state index contributed by atoms with van der Waals surface area (Å²) in [5, 5.41) is 12.7. The largest absolute Gasteiger partial charge is 0.376 e. The molecule has 2 unspecified atom stereocenters. The van der Waals surface area contributed by atoms with Gasteiger partial charge in [0.25, 0.3) is 0 Å². The molecule has 2 aliphatic rings. The Hall–Kier alpha value is -2.30. The first-order chi connectivity index (χ1) is 15.1. The molecular weight excluding hydrogens is 413 g/mol. The minimum atomic E-state index is -0.257. The Morgan fingerprint density at radius 2 is 2.16 bits per heavy atom. The van der Waals surface area contributed by atoms with Gasteiger partial charge in [0, 0.05) is 23.1 Å². The fourth-order valence-electron chi connectivity index (χ4n) is 4.58. The number of hydrogen-bond donors (Lipinski definition) is 1. The molecule has 2 atom stereocenters. The number of fused-ring (bicyclic) bond motifs is 1. The lowest BCUT2D eigenvalue weighted by Crippen LogP contribution is -2.23. The van der Waals surface area contributed by atoms with Crippen LogP contribution in [0.3, 0.4) is 0 Å². The fraction of sp³-hybridized carbons (Fsp3) is 0.500. The molecule has 0 radical (unpaired) electrons. The number of nitrogens with one attached hydrogen (secondary N) is 1. The number of anilines is 1. The highest BCUT2D eigenvalue weighted by Gasteiger charge is 2.28. The third-order valence-corrected chi connectivity index (χ3v) is 7.34. The van der Waals surface area contributed by atoms with Gasteiger partial charge in [0.05, 0.1) is 24.0 Å². The van der Waals surface area contributed by atoms with Gasteiger partial charge in [0.15, 0.2) is 0 Å². The van der Waals surface area contributed by atoms with Crippen molar-refractivity contribution in [1.29, 1.82) is 5.26 Å². The molecule has 0 saturated carbocycles. The lowest BCUT2D eigenvalue weighted by atomic mass is 9.95. The van der Waals surface area contributed by atoms with Gasteiger partial charge >= 0.3 is 0 Å². The quantitative estimate of drug-likeness (QED) is 0.657. The van der Waals surface area contributed by atoms with Gasteiger partial charge < -0.3 is 14.6 Å². The summed E-state index contributed by atoms with van der Waals surface area (Å²) in [5.41, 5.74) is 3.43. The van der Waals surface area contributed by atoms with Crippen molar-refractivity contribution in [3.05, 3.63) is 52.5 Å². The molecule has 1 aliphatic heterocycles. The highest BCUT2D eigenvalue weighted by molar-refractivity contribution is 8.00. The number of nitrogens with zero attached hydrogens (tertiary/aromatic N) is 2. The van der Waals surface area contributed by atoms with E-state index in [2.05, 4.69) is 16.0 Å². The molecule has 1 saturated heterocycles. The molecule has 2 aromatic rings. The van der Waals surface area contributed by atoms with E-state index in [-0.39, 0.29) is 28.8 Å². The summed E-state index contributed by atoms with van der Waals surface area (Å²) in [4.78, 5) is 12.8. The van der Waals surface area contributed by atoms with Crippen molar-refractivity contribution in [3.8, 4) is 6.07 Å². The predicted molar refractivity (Wildman–Crippen MR) is 121 cm³/mol. The predicted octanol–water partition coefficient (Wildman–Crippen LogP) is 4.99. The second kappa shape index (κ2) is 9.88. The van der Waals surface area contributed by atoms with Crippen LogP contribution in [0, 0.1) is 17.1 Å². The van der Waals surface area contributed by atoms with Crippen molar-refractivity contribution in [2.75, 3.05) is 17.7 Å². The van der Waals surface area contributed by atoms with Crippen LogP contribution in [0.15, 0.2) is 24.3 Å². The smallest absolute Gasteiger partial charge is 0.235 e. The van der Waals surface area contributed by atoms with Crippen LogP contribution < -0.4 is 5.32 Å². The van der Waals surface area contributed by atoms with Crippen molar-refractivity contribution in [2.45, 2.75) is 63.3 Å². The normalized spacial score (nSPS) is 18.9. The molecule has 1 aromatic heterocycles. The Morgan fingerprint density at radius 1 is 1.35 bits per heavy atom. The SMILES string of the molecule is CC(SCC(=O)Nc1c(C#N)c2c(n1CC1CCCO1)CCCC2)c1ccccc1F. The zero-order valence-corrected chi connectivity index (χ0v) is 18.6. The summed E-state index contributed by atoms with van der Waals surface area (Å²) < 4.78 is 22.0. The highest BCUT2D eigenvalue weighted by Crippen LogP contribution is 2.35. The first-order valence-corrected chi connectivity index (χ1v) is 12.0. The van der Waals surface area contributed by atoms with Gasteiger partial charge in [0.1, 0.15) is 17.7 Å². The molecule has 1 fully saturated rings. The summed E-state index contributed by atoms with van der Waals surface area (Å²) >= 11 is 1.39. The molecule has 1 N–H and O–H groups in total. The maximum atomic E-state index is 14.0. The van der Waals surface area contributed by atoms with Gasteiger partial charge in [-0.3, -0.25) is 4.79 Å². The van der Waals surface area contributed by atoms with Gasteiger partial charge in [-0.2, -0.15) is 5.26 Å². The van der Waals surface area contributed by atoms with Crippen LogP contribution >= 0.6 is 11.8 Å². The molecule has 4 rings (SSSR count). The van der Waals surface area contributed by atoms with Gasteiger partial charge in [-0.15, -0.1) is 11.8 Å². The number of aromatic nitrogens is 1. The Bertz CT molecular complexity index is 991. The molecular formula is C24H28FN3O2S. The first kappa shape index (κ1) is 21.9. The summed E-state index contributed by atoms with van der Waals surface area (Å²) in [6.45, 7) is 3.33. The van der Waals surface area contributed by atoms with Crippen LogP contribution in [-0.4, -0.2) is 28.9 Å². The molecule has 1 aromatic carbocycles. The average Bonchev–Trinajstić information content (AvgIpc) is 3.39. The minimum Gasteiger partial charge on any atom is -0.376 e. The van der Waals surface area contributed by atoms with E-state index in [0.717, 1.165) is 50.7 Å². The number of carbonyl (C=O) groups excluding carboxylic acids is 1. The summed E-state index contributed by atoms with van der Waals surface area (Å²) in [6, 6.07) is 8.99. The number of halogens is 1. The van der Waals surface area contributed by atoms with Crippen LogP contribution in [0.2, 0.25) is 0 Å². The van der Waals surface area contributed by atoms with E-state index in [4.69, 9.17) is 4.74 Å². The second-order valence-corrected chi connectivity index (χ2v) is 9.57. The topological polar surface area (TPSA) is 67.0 Å². The van der Waals surface area contributed by atoms with Gasteiger partial charge in [-0.05, 0) is 57.1 Å². The second-order valence-electron chi connectivity index (χ2n) is 8.24. The highest BCUT2D eigenvalue weighted by atomic mass is 32.2. The number of nitriles is 1. The zero-order valence-electron chi connectivity index (χ0n) is 17.8. The summed E-state index contributed by atoms with van der Waals surface area (Å²) in [7, 11) is 0. The monoisotopic (exact) mass is 441 g/mol. The third kappa shape index (κ3) is 4.81. The lowest BCUT2D eigenvalue weighted by molar-refractivity contribution is -0.113. The molecule has 31 heavy (non-hydrogen) atoms. The Balaban J connectivity index is 1.51. The van der Waals surface area contributed by atoms with Crippen LogP contribution in [0.4, 0.5) is 10.2 Å². The van der Waals surface area contributed by atoms with Gasteiger partial charge in [-0.25, -0.2) is 4.39 Å². The van der Waals surface area contributed by atoms with Gasteiger partial charge in [0.2, 0.25) is 5.91 Å². The standard InChI is InChI=1S/C24H28FN3O2S/c1-16(18-8-2-4-10-21(18)25)31-15-23(29)27-24-20(13-26)19-9-3-5-11-22(19)28(24)14-17-7-6-12-30-17/h2,4,8,10,16-17H,3,5-7,9,11-12,14-15H2,1H3,(H,27,29). The van der Waals surface area contributed by atoms with E-state index in [1.165, 1.54) is 23.5 Å². The number of benzene rings is 1. The van der Waals surface area contributed by atoms with Crippen molar-refractivity contribution >= 4 is 23.5 Å². The minimum absolute atomic E-state index is 0.121. The zero-order chi connectivity index (χ0) is 21.8. The number of amides is 1. The molecule has 1 aliphatic carbocycles. The Morgan fingerprint density at radius 3 is 2.90 bits per heavy atom. The van der Waals surface area contributed by atoms with Crippen LogP contribution in [0.1, 0.15) is 60.2 Å². The van der Waals surface area contributed by atoms with E-state index in [1.807, 2.05) is 6.92 Å². The number of ether oxygens (including phenoxy) is 1. The van der Waals surface area contributed by atoms with Crippen LogP contribution in [0.5, 0.6) is 0 Å². The molecule has 7 heteroatoms. The molecule has 1 amide bonds. The van der Waals surface area contributed by atoms with E-state index < -0.39 is 0 Å². The third-order valence-electron chi connectivity index (χ3n) is 6.16. The molecule has 0 spiro atoms. The lowest BCUT2D eigenvalue weighted by Gasteiger charge is -2.20. The number of hydrogen-bond acceptors (Lipinski definition) is 4. The summed E-state index contributed by atoms with van der Waals surface area (Å²) in [6.07, 6.45) is 6.12. The first-order valence-electron chi connectivity index (χ1n) is 11.0. The fourth-order valence-corrected chi connectivity index (χ4v) is 5.42. The average molecular weight is 442 g/mol. The van der Waals surface area contributed by atoms with Crippen molar-refractivity contribution < 1.29 is 13.9 Å². The molecule has 0 bridgehead atoms. The number of carbonyl (C=O) groups is 1. The summed E-state index contributed by atoms with van der Waals surface area (Å²) in [5.74, 6) is 0.367. The van der Waals surface area contributed by atoms with Gasteiger partial charge in [-0.1, -0.05) is 18.2 Å². The van der Waals surface area contributed by atoms with Crippen LogP contribution in [-0.2, 0) is 28.9 Å². The maximum absolute atomic E-state index is 14.0. The number of rotatable bonds is 7. The molecule has 2 heterocycles. The Kier molecular flexibility index (Phi) is 6.99. The molecule has 5 nitrogen and oxygen atoms in total. The number of thioether (sulfide) groups is 1. The maximum Gasteiger partial charge on any atom is 0.235 e. The van der Waals surface area contributed by atoms with E-state index in [9.17, 15) is 14.4 Å². The van der Waals surface area contributed by atoms with Crippen molar-refractivity contribution in [1.82, 2.24) is 4.57 Å². The van der Waals surface area contributed by atoms with Crippen molar-refractivity contribution in [2.24, 2.45) is 0 Å². The van der Waals surface area contributed by atoms with E-state index >= 15 is 0 Å². The van der Waals surface area contributed by atoms with Crippen LogP contribution in [0.25, 0.3) is 0 Å². The van der Waals surface area contributed by atoms with E-state index in [0.29, 0.717) is 23.5 Å². The van der Waals surface area contributed by atoms with Crippen molar-refractivity contribution in [3.63, 3.8) is 0 Å². The Labute approximate surface area is 187 Å². The van der Waals surface area contributed by atoms with E-state index in [1.54, 1.807) is 18.2 Å². The molecule has 164 valence electrons.